The number of benzene rings is 1. The van der Waals surface area contributed by atoms with Gasteiger partial charge in [0.2, 0.25) is 0 Å². The van der Waals surface area contributed by atoms with E-state index in [1.807, 2.05) is 6.92 Å². The van der Waals surface area contributed by atoms with Gasteiger partial charge in [0, 0.05) is 0 Å². The van der Waals surface area contributed by atoms with Crippen LogP contribution >= 0.6 is 0 Å². The molecule has 0 N–H and O–H groups in total. The van der Waals surface area contributed by atoms with Crippen LogP contribution in [-0.4, -0.2) is 30.5 Å². The van der Waals surface area contributed by atoms with Crippen LogP contribution < -0.4 is 4.18 Å². The summed E-state index contributed by atoms with van der Waals surface area (Å²) >= 11 is 0. The van der Waals surface area contributed by atoms with Crippen molar-refractivity contribution >= 4 is 16.2 Å². The molecular weight excluding hydrogens is 447 g/mol. The second-order valence-electron chi connectivity index (χ2n) is 9.94. The van der Waals surface area contributed by atoms with Gasteiger partial charge >= 0.3 is 21.7 Å². The van der Waals surface area contributed by atoms with E-state index < -0.39 is 44.7 Å². The smallest absolute Gasteiger partial charge is 0.444 e. The minimum atomic E-state index is -5.81. The first-order valence-electron chi connectivity index (χ1n) is 10.7. The highest BCUT2D eigenvalue weighted by Gasteiger charge is 2.55. The van der Waals surface area contributed by atoms with Crippen LogP contribution in [0, 0.1) is 12.8 Å². The monoisotopic (exact) mass is 477 g/mol. The van der Waals surface area contributed by atoms with Gasteiger partial charge < -0.3 is 8.92 Å². The highest BCUT2D eigenvalue weighted by Crippen LogP contribution is 2.56. The highest BCUT2D eigenvalue weighted by atomic mass is 32.2. The molecular formula is C22H30F3NO5S. The number of aryl methyl sites for hydroxylation is 1. The van der Waals surface area contributed by atoms with Gasteiger partial charge in [-0.3, -0.25) is 4.90 Å². The van der Waals surface area contributed by atoms with E-state index >= 15 is 0 Å². The standard InChI is InChI=1S/C22H30F3NO5S/c1-13-8-7-9-21(12-13)17-11-16(31-32(28,29)22(23,24)25)10-14(2)18(17)15(3)26(21)19(27)30-20(4,5)6/h10-11,13,15H,7-9,12H2,1-6H3. The normalized spacial score (nSPS) is 26.2. The van der Waals surface area contributed by atoms with Crippen LogP contribution in [0.3, 0.4) is 0 Å². The van der Waals surface area contributed by atoms with Crippen LogP contribution in [0.2, 0.25) is 0 Å². The van der Waals surface area contributed by atoms with Gasteiger partial charge in [-0.15, -0.1) is 0 Å². The van der Waals surface area contributed by atoms with Gasteiger partial charge in [-0.25, -0.2) is 4.79 Å². The van der Waals surface area contributed by atoms with Crippen molar-refractivity contribution in [2.45, 2.75) is 89.9 Å². The predicted octanol–water partition coefficient (Wildman–Crippen LogP) is 5.94. The first kappa shape index (κ1) is 24.7. The molecule has 0 aromatic heterocycles. The molecule has 6 nitrogen and oxygen atoms in total. The maximum atomic E-state index is 13.3. The number of carbonyl (C=O) groups is 1. The van der Waals surface area contributed by atoms with E-state index in [4.69, 9.17) is 4.74 Å². The van der Waals surface area contributed by atoms with Gasteiger partial charge in [-0.2, -0.15) is 21.6 Å². The number of rotatable bonds is 2. The van der Waals surface area contributed by atoms with E-state index in [1.54, 1.807) is 32.6 Å². The SMILES string of the molecule is Cc1cc(OS(=O)(=O)C(F)(F)F)cc2c1C(C)N(C(=O)OC(C)(C)C)C21CCCC(C)C1. The van der Waals surface area contributed by atoms with Crippen LogP contribution in [0.15, 0.2) is 12.1 Å². The molecule has 1 aliphatic heterocycles. The predicted molar refractivity (Wildman–Crippen MR) is 113 cm³/mol. The van der Waals surface area contributed by atoms with Crippen molar-refractivity contribution in [3.8, 4) is 5.75 Å². The largest absolute Gasteiger partial charge is 0.534 e. The van der Waals surface area contributed by atoms with E-state index in [2.05, 4.69) is 11.1 Å². The number of fused-ring (bicyclic) bond motifs is 2. The Balaban J connectivity index is 2.15. The zero-order valence-electron chi connectivity index (χ0n) is 19.2. The average molecular weight is 478 g/mol. The first-order valence-corrected chi connectivity index (χ1v) is 12.1. The molecule has 1 saturated carbocycles. The lowest BCUT2D eigenvalue weighted by Gasteiger charge is -2.45. The van der Waals surface area contributed by atoms with E-state index in [1.165, 1.54) is 12.1 Å². The van der Waals surface area contributed by atoms with Crippen molar-refractivity contribution in [1.29, 1.82) is 0 Å². The summed E-state index contributed by atoms with van der Waals surface area (Å²) in [5, 5.41) is 0. The Hall–Kier alpha value is -1.97. The van der Waals surface area contributed by atoms with Gasteiger partial charge in [0.25, 0.3) is 0 Å². The molecule has 1 fully saturated rings. The summed E-state index contributed by atoms with van der Waals surface area (Å²) in [6, 6.07) is 2.24. The van der Waals surface area contributed by atoms with Crippen molar-refractivity contribution in [3.05, 3.63) is 28.8 Å². The maximum absolute atomic E-state index is 13.3. The zero-order valence-corrected chi connectivity index (χ0v) is 20.0. The van der Waals surface area contributed by atoms with Gasteiger partial charge in [-0.05, 0) is 82.2 Å². The van der Waals surface area contributed by atoms with Crippen molar-refractivity contribution in [3.63, 3.8) is 0 Å². The molecule has 1 aromatic rings. The van der Waals surface area contributed by atoms with Crippen LogP contribution in [0.1, 0.15) is 83.0 Å². The van der Waals surface area contributed by atoms with Crippen LogP contribution in [0.4, 0.5) is 18.0 Å². The second kappa shape index (κ2) is 7.81. The fraction of sp³-hybridized carbons (Fsp3) is 0.682. The Morgan fingerprint density at radius 2 is 1.81 bits per heavy atom. The van der Waals surface area contributed by atoms with Crippen LogP contribution in [-0.2, 0) is 20.4 Å². The number of hydrogen-bond acceptors (Lipinski definition) is 5. The molecule has 2 aliphatic rings. The summed E-state index contributed by atoms with van der Waals surface area (Å²) in [7, 11) is -5.81. The molecule has 10 heteroatoms. The zero-order chi connectivity index (χ0) is 24.3. The summed E-state index contributed by atoms with van der Waals surface area (Å²) in [6.07, 6.45) is 2.48. The summed E-state index contributed by atoms with van der Waals surface area (Å²) in [4.78, 5) is 15.0. The Labute approximate surface area is 187 Å². The summed E-state index contributed by atoms with van der Waals surface area (Å²) < 4.78 is 72.1. The Morgan fingerprint density at radius 1 is 1.19 bits per heavy atom. The third kappa shape index (κ3) is 4.30. The van der Waals surface area contributed by atoms with Crippen molar-refractivity contribution < 1.29 is 35.3 Å². The van der Waals surface area contributed by atoms with E-state index in [-0.39, 0.29) is 5.92 Å². The Bertz CT molecular complexity index is 1020. The molecule has 0 saturated heterocycles. The summed E-state index contributed by atoms with van der Waals surface area (Å²) in [5.41, 5.74) is -5.08. The Morgan fingerprint density at radius 3 is 2.34 bits per heavy atom. The van der Waals surface area contributed by atoms with Crippen molar-refractivity contribution in [2.24, 2.45) is 5.92 Å². The molecule has 180 valence electrons. The van der Waals surface area contributed by atoms with Crippen molar-refractivity contribution in [1.82, 2.24) is 4.90 Å². The molecule has 0 radical (unpaired) electrons. The number of alkyl halides is 3. The van der Waals surface area contributed by atoms with Crippen LogP contribution in [0.5, 0.6) is 5.75 Å². The molecule has 32 heavy (non-hydrogen) atoms. The highest BCUT2D eigenvalue weighted by molar-refractivity contribution is 7.88. The average Bonchev–Trinajstić information content (AvgIpc) is 2.80. The minimum absolute atomic E-state index is 0.260. The topological polar surface area (TPSA) is 72.9 Å². The minimum Gasteiger partial charge on any atom is -0.444 e. The molecule has 1 aromatic carbocycles. The third-order valence-electron chi connectivity index (χ3n) is 6.18. The molecule has 1 aliphatic carbocycles. The Kier molecular flexibility index (Phi) is 6.02. The second-order valence-corrected chi connectivity index (χ2v) is 11.5. The fourth-order valence-corrected chi connectivity index (χ4v) is 5.63. The fourth-order valence-electron chi connectivity index (χ4n) is 5.19. The van der Waals surface area contributed by atoms with Crippen molar-refractivity contribution in [2.75, 3.05) is 0 Å². The molecule has 1 heterocycles. The molecule has 1 spiro atoms. The van der Waals surface area contributed by atoms with E-state index in [0.717, 1.165) is 18.4 Å². The molecule has 3 unspecified atom stereocenters. The number of carbonyl (C=O) groups excluding carboxylic acids is 1. The van der Waals surface area contributed by atoms with Crippen LogP contribution in [0.25, 0.3) is 0 Å². The lowest BCUT2D eigenvalue weighted by atomic mass is 9.72. The van der Waals surface area contributed by atoms with Gasteiger partial charge in [0.05, 0.1) is 11.6 Å². The summed E-state index contributed by atoms with van der Waals surface area (Å²) in [5.74, 6) is -0.148. The lowest BCUT2D eigenvalue weighted by Crippen LogP contribution is -2.50. The molecule has 0 bridgehead atoms. The summed E-state index contributed by atoms with van der Waals surface area (Å²) in [6.45, 7) is 10.9. The van der Waals surface area contributed by atoms with Gasteiger partial charge in [-0.1, -0.05) is 19.8 Å². The molecule has 3 atom stereocenters. The number of amides is 1. The van der Waals surface area contributed by atoms with E-state index in [9.17, 15) is 26.4 Å². The molecule has 1 amide bonds. The first-order chi connectivity index (χ1) is 14.5. The maximum Gasteiger partial charge on any atom is 0.534 e. The van der Waals surface area contributed by atoms with Gasteiger partial charge in [0.15, 0.2) is 0 Å². The van der Waals surface area contributed by atoms with E-state index in [0.29, 0.717) is 24.0 Å². The van der Waals surface area contributed by atoms with Gasteiger partial charge in [0.1, 0.15) is 11.4 Å². The number of nitrogens with zero attached hydrogens (tertiary/aromatic N) is 1. The molecule has 3 rings (SSSR count). The number of ether oxygens (including phenoxy) is 1. The third-order valence-corrected chi connectivity index (χ3v) is 7.16. The quantitative estimate of drug-likeness (QED) is 0.389. The lowest BCUT2D eigenvalue weighted by molar-refractivity contribution is -0.0500. The number of halogens is 3. The number of hydrogen-bond donors (Lipinski definition) is 0.